The van der Waals surface area contributed by atoms with Crippen LogP contribution in [0.4, 0.5) is 20.6 Å². The van der Waals surface area contributed by atoms with Gasteiger partial charge in [0.1, 0.15) is 5.82 Å². The normalized spacial score (nSPS) is 21.5. The van der Waals surface area contributed by atoms with E-state index in [9.17, 15) is 9.18 Å². The molecule has 0 radical (unpaired) electrons. The molecule has 7 heteroatoms. The van der Waals surface area contributed by atoms with Gasteiger partial charge in [-0.05, 0) is 57.5 Å². The Balaban J connectivity index is 1.49. The van der Waals surface area contributed by atoms with Crippen LogP contribution in [0.1, 0.15) is 25.7 Å². The lowest BCUT2D eigenvalue weighted by Gasteiger charge is -2.23. The molecule has 0 aliphatic carbocycles. The molecule has 0 spiro atoms. The van der Waals surface area contributed by atoms with Gasteiger partial charge in [-0.1, -0.05) is 0 Å². The van der Waals surface area contributed by atoms with Crippen molar-refractivity contribution in [3.8, 4) is 0 Å². The van der Waals surface area contributed by atoms with Gasteiger partial charge in [-0.15, -0.1) is 0 Å². The van der Waals surface area contributed by atoms with Crippen LogP contribution in [0, 0.1) is 5.82 Å². The fraction of sp³-hybridized carbons (Fsp3) is 0.632. The highest BCUT2D eigenvalue weighted by Crippen LogP contribution is 2.24. The van der Waals surface area contributed by atoms with Crippen LogP contribution >= 0.6 is 0 Å². The number of rotatable bonds is 5. The van der Waals surface area contributed by atoms with E-state index in [1.54, 1.807) is 12.1 Å². The highest BCUT2D eigenvalue weighted by atomic mass is 19.1. The number of carbonyl (C=O) groups excluding carboxylic acids is 1. The maximum atomic E-state index is 14.5. The van der Waals surface area contributed by atoms with Crippen LogP contribution in [-0.4, -0.2) is 63.4 Å². The molecule has 2 aliphatic rings. The van der Waals surface area contributed by atoms with E-state index >= 15 is 0 Å². The summed E-state index contributed by atoms with van der Waals surface area (Å²) in [7, 11) is 2.09. The number of benzene rings is 1. The van der Waals surface area contributed by atoms with Crippen molar-refractivity contribution in [2.45, 2.75) is 31.8 Å². The van der Waals surface area contributed by atoms with Gasteiger partial charge in [0, 0.05) is 38.5 Å². The zero-order valence-corrected chi connectivity index (χ0v) is 15.5. The van der Waals surface area contributed by atoms with Crippen LogP contribution in [0.25, 0.3) is 0 Å². The Bertz CT molecular complexity index is 607. The van der Waals surface area contributed by atoms with Crippen LogP contribution < -0.4 is 15.5 Å². The third kappa shape index (κ3) is 5.32. The summed E-state index contributed by atoms with van der Waals surface area (Å²) in [5, 5.41) is 5.50. The van der Waals surface area contributed by atoms with Gasteiger partial charge in [0.05, 0.1) is 11.8 Å². The number of likely N-dealkylation sites (N-methyl/N-ethyl adjacent to an activating group) is 1. The second-order valence-corrected chi connectivity index (χ2v) is 7.11. The molecule has 1 aromatic rings. The summed E-state index contributed by atoms with van der Waals surface area (Å²) in [5.41, 5.74) is 1.07. The van der Waals surface area contributed by atoms with Gasteiger partial charge in [0.2, 0.25) is 0 Å². The summed E-state index contributed by atoms with van der Waals surface area (Å²) in [6, 6.07) is 4.59. The standard InChI is InChI=1S/C19H29FN4O2/c1-23-9-3-10-24(12-11-23)18-6-5-15(14-17(18)20)22-19(25)21-8-7-16-4-2-13-26-16/h5-6,14,16H,2-4,7-13H2,1H3,(H2,21,22,25). The van der Waals surface area contributed by atoms with E-state index in [-0.39, 0.29) is 18.0 Å². The van der Waals surface area contributed by atoms with Crippen molar-refractivity contribution in [2.24, 2.45) is 0 Å². The van der Waals surface area contributed by atoms with Gasteiger partial charge >= 0.3 is 6.03 Å². The summed E-state index contributed by atoms with van der Waals surface area (Å²) in [6.45, 7) is 4.98. The number of hydrogen-bond donors (Lipinski definition) is 2. The van der Waals surface area contributed by atoms with Crippen LogP contribution in [0.3, 0.4) is 0 Å². The molecule has 1 unspecified atom stereocenters. The van der Waals surface area contributed by atoms with Gasteiger partial charge < -0.3 is 25.2 Å². The lowest BCUT2D eigenvalue weighted by molar-refractivity contribution is 0.105. The molecule has 144 valence electrons. The molecule has 1 aromatic carbocycles. The molecule has 26 heavy (non-hydrogen) atoms. The highest BCUT2D eigenvalue weighted by molar-refractivity contribution is 5.89. The summed E-state index contributed by atoms with van der Waals surface area (Å²) >= 11 is 0. The molecule has 0 aromatic heterocycles. The summed E-state index contributed by atoms with van der Waals surface area (Å²) in [5.74, 6) is -0.299. The minimum absolute atomic E-state index is 0.250. The Labute approximate surface area is 154 Å². The largest absolute Gasteiger partial charge is 0.378 e. The Morgan fingerprint density at radius 1 is 1.27 bits per heavy atom. The summed E-state index contributed by atoms with van der Waals surface area (Å²) in [4.78, 5) is 16.3. The number of hydrogen-bond acceptors (Lipinski definition) is 4. The number of carbonyl (C=O) groups is 1. The van der Waals surface area contributed by atoms with E-state index in [0.717, 1.165) is 58.5 Å². The molecule has 2 amide bonds. The highest BCUT2D eigenvalue weighted by Gasteiger charge is 2.17. The molecule has 0 saturated carbocycles. The van der Waals surface area contributed by atoms with Crippen LogP contribution in [0.15, 0.2) is 18.2 Å². The van der Waals surface area contributed by atoms with Crippen molar-refractivity contribution in [3.63, 3.8) is 0 Å². The molecule has 2 heterocycles. The Hall–Kier alpha value is -1.86. The number of nitrogens with zero attached hydrogens (tertiary/aromatic N) is 2. The molecular formula is C19H29FN4O2. The van der Waals surface area contributed by atoms with Gasteiger partial charge in [0.25, 0.3) is 0 Å². The number of anilines is 2. The predicted molar refractivity (Wildman–Crippen MR) is 101 cm³/mol. The SMILES string of the molecule is CN1CCCN(c2ccc(NC(=O)NCCC3CCCO3)cc2F)CC1. The van der Waals surface area contributed by atoms with Gasteiger partial charge in [-0.2, -0.15) is 0 Å². The predicted octanol–water partition coefficient (Wildman–Crippen LogP) is 2.66. The summed E-state index contributed by atoms with van der Waals surface area (Å²) < 4.78 is 20.1. The average molecular weight is 364 g/mol. The smallest absolute Gasteiger partial charge is 0.319 e. The number of nitrogens with one attached hydrogen (secondary N) is 2. The van der Waals surface area contributed by atoms with E-state index in [4.69, 9.17) is 4.74 Å². The van der Waals surface area contributed by atoms with E-state index < -0.39 is 0 Å². The fourth-order valence-corrected chi connectivity index (χ4v) is 3.52. The number of halogens is 1. The first-order valence-corrected chi connectivity index (χ1v) is 9.51. The Morgan fingerprint density at radius 2 is 2.15 bits per heavy atom. The first kappa shape index (κ1) is 18.9. The third-order valence-corrected chi connectivity index (χ3v) is 5.04. The first-order chi connectivity index (χ1) is 12.6. The quantitative estimate of drug-likeness (QED) is 0.843. The van der Waals surface area contributed by atoms with Gasteiger partial charge in [0.15, 0.2) is 0 Å². The Kier molecular flexibility index (Phi) is 6.68. The molecule has 3 rings (SSSR count). The van der Waals surface area contributed by atoms with Crippen LogP contribution in [0.2, 0.25) is 0 Å². The molecule has 2 aliphatic heterocycles. The molecule has 1 atom stereocenters. The summed E-state index contributed by atoms with van der Waals surface area (Å²) in [6.07, 6.45) is 4.23. The minimum Gasteiger partial charge on any atom is -0.378 e. The maximum absolute atomic E-state index is 14.5. The molecule has 0 bridgehead atoms. The van der Waals surface area contributed by atoms with Crippen molar-refractivity contribution in [1.82, 2.24) is 10.2 Å². The minimum atomic E-state index is -0.313. The molecule has 2 fully saturated rings. The van der Waals surface area contributed by atoms with Crippen molar-refractivity contribution >= 4 is 17.4 Å². The topological polar surface area (TPSA) is 56.8 Å². The number of urea groups is 1. The fourth-order valence-electron chi connectivity index (χ4n) is 3.52. The number of amides is 2. The zero-order valence-electron chi connectivity index (χ0n) is 15.5. The molecule has 2 saturated heterocycles. The molecular weight excluding hydrogens is 335 g/mol. The van der Waals surface area contributed by atoms with Crippen molar-refractivity contribution in [3.05, 3.63) is 24.0 Å². The monoisotopic (exact) mass is 364 g/mol. The molecule has 6 nitrogen and oxygen atoms in total. The Morgan fingerprint density at radius 3 is 2.92 bits per heavy atom. The van der Waals surface area contributed by atoms with Crippen LogP contribution in [-0.2, 0) is 4.74 Å². The van der Waals surface area contributed by atoms with Crippen molar-refractivity contribution in [1.29, 1.82) is 0 Å². The van der Waals surface area contributed by atoms with E-state index in [0.29, 0.717) is 17.9 Å². The second-order valence-electron chi connectivity index (χ2n) is 7.11. The average Bonchev–Trinajstić information content (AvgIpc) is 3.03. The lowest BCUT2D eigenvalue weighted by Crippen LogP contribution is -2.31. The molecule has 2 N–H and O–H groups in total. The lowest BCUT2D eigenvalue weighted by atomic mass is 10.2. The van der Waals surface area contributed by atoms with Crippen molar-refractivity contribution in [2.75, 3.05) is 56.6 Å². The number of ether oxygens (including phenoxy) is 1. The van der Waals surface area contributed by atoms with Crippen LogP contribution in [0.5, 0.6) is 0 Å². The first-order valence-electron chi connectivity index (χ1n) is 9.51. The van der Waals surface area contributed by atoms with Gasteiger partial charge in [-0.3, -0.25) is 0 Å². The maximum Gasteiger partial charge on any atom is 0.319 e. The van der Waals surface area contributed by atoms with E-state index in [1.165, 1.54) is 6.07 Å². The second kappa shape index (κ2) is 9.19. The zero-order chi connectivity index (χ0) is 18.4. The van der Waals surface area contributed by atoms with E-state index in [2.05, 4.69) is 27.5 Å². The van der Waals surface area contributed by atoms with Crippen molar-refractivity contribution < 1.29 is 13.9 Å². The van der Waals surface area contributed by atoms with Gasteiger partial charge in [-0.25, -0.2) is 9.18 Å². The van der Waals surface area contributed by atoms with E-state index in [1.807, 2.05) is 0 Å². The third-order valence-electron chi connectivity index (χ3n) is 5.04.